The number of carbonyl (C=O) groups excluding carboxylic acids is 1. The average molecular weight is 290 g/mol. The van der Waals surface area contributed by atoms with E-state index in [2.05, 4.69) is 10.4 Å². The standard InChI is InChI=1S/C15H19FN4O/c1-4-18-10(3)11-8-12(16)9(2)7-14(11)20-6-5-13(19-20)15(17)21/h5-8,10,18H,4H2,1-3H3,(H2,17,21). The van der Waals surface area contributed by atoms with Gasteiger partial charge in [0.2, 0.25) is 0 Å². The van der Waals surface area contributed by atoms with E-state index in [1.807, 2.05) is 13.8 Å². The SMILES string of the molecule is CCNC(C)c1cc(F)c(C)cc1-n1ccc(C(N)=O)n1. The Labute approximate surface area is 123 Å². The van der Waals surface area contributed by atoms with Crippen LogP contribution < -0.4 is 11.1 Å². The van der Waals surface area contributed by atoms with Crippen molar-refractivity contribution in [2.45, 2.75) is 26.8 Å². The molecule has 1 unspecified atom stereocenters. The fourth-order valence-corrected chi connectivity index (χ4v) is 2.23. The summed E-state index contributed by atoms with van der Waals surface area (Å²) in [5.41, 5.74) is 7.43. The van der Waals surface area contributed by atoms with Crippen LogP contribution in [0.5, 0.6) is 0 Å². The summed E-state index contributed by atoms with van der Waals surface area (Å²) in [6, 6.07) is 4.73. The van der Waals surface area contributed by atoms with Crippen molar-refractivity contribution in [2.75, 3.05) is 6.54 Å². The van der Waals surface area contributed by atoms with E-state index in [-0.39, 0.29) is 17.6 Å². The van der Waals surface area contributed by atoms with Crippen molar-refractivity contribution in [3.63, 3.8) is 0 Å². The van der Waals surface area contributed by atoms with Gasteiger partial charge in [0.1, 0.15) is 11.5 Å². The summed E-state index contributed by atoms with van der Waals surface area (Å²) >= 11 is 0. The Morgan fingerprint density at radius 1 is 1.52 bits per heavy atom. The van der Waals surface area contributed by atoms with Gasteiger partial charge in [0.05, 0.1) is 5.69 Å². The van der Waals surface area contributed by atoms with Crippen LogP contribution >= 0.6 is 0 Å². The van der Waals surface area contributed by atoms with Gasteiger partial charge in [-0.2, -0.15) is 5.10 Å². The highest BCUT2D eigenvalue weighted by atomic mass is 19.1. The number of amides is 1. The molecule has 1 heterocycles. The quantitative estimate of drug-likeness (QED) is 0.885. The third-order valence-electron chi connectivity index (χ3n) is 3.37. The predicted octanol–water partition coefficient (Wildman–Crippen LogP) is 2.09. The number of hydrogen-bond acceptors (Lipinski definition) is 3. The van der Waals surface area contributed by atoms with Crippen LogP contribution in [0.15, 0.2) is 24.4 Å². The van der Waals surface area contributed by atoms with Crippen LogP contribution in [-0.2, 0) is 0 Å². The maximum Gasteiger partial charge on any atom is 0.269 e. The number of aromatic nitrogens is 2. The number of primary amides is 1. The minimum atomic E-state index is -0.589. The molecule has 0 spiro atoms. The summed E-state index contributed by atoms with van der Waals surface area (Å²) in [6.45, 7) is 6.40. The molecule has 0 fully saturated rings. The Morgan fingerprint density at radius 3 is 2.81 bits per heavy atom. The summed E-state index contributed by atoms with van der Waals surface area (Å²) in [5, 5.41) is 7.39. The van der Waals surface area contributed by atoms with Gasteiger partial charge in [0.25, 0.3) is 5.91 Å². The van der Waals surface area contributed by atoms with Crippen molar-refractivity contribution >= 4 is 5.91 Å². The van der Waals surface area contributed by atoms with Crippen molar-refractivity contribution in [2.24, 2.45) is 5.73 Å². The highest BCUT2D eigenvalue weighted by Gasteiger charge is 2.16. The molecule has 6 heteroatoms. The Hall–Kier alpha value is -2.21. The number of hydrogen-bond donors (Lipinski definition) is 2. The number of aryl methyl sites for hydroxylation is 1. The second-order valence-electron chi connectivity index (χ2n) is 4.95. The molecule has 0 saturated heterocycles. The molecule has 0 aliphatic carbocycles. The zero-order valence-electron chi connectivity index (χ0n) is 12.4. The first-order chi connectivity index (χ1) is 9.93. The Kier molecular flexibility index (Phi) is 4.37. The summed E-state index contributed by atoms with van der Waals surface area (Å²) in [7, 11) is 0. The van der Waals surface area contributed by atoms with E-state index in [0.29, 0.717) is 5.56 Å². The molecule has 0 saturated carbocycles. The summed E-state index contributed by atoms with van der Waals surface area (Å²) in [4.78, 5) is 11.2. The molecule has 1 aromatic carbocycles. The third-order valence-corrected chi connectivity index (χ3v) is 3.37. The molecular formula is C15H19FN4O. The average Bonchev–Trinajstić information content (AvgIpc) is 2.91. The molecule has 112 valence electrons. The van der Waals surface area contributed by atoms with Crippen molar-refractivity contribution in [1.82, 2.24) is 15.1 Å². The van der Waals surface area contributed by atoms with Gasteiger partial charge in [-0.25, -0.2) is 9.07 Å². The van der Waals surface area contributed by atoms with Gasteiger partial charge in [-0.15, -0.1) is 0 Å². The fourth-order valence-electron chi connectivity index (χ4n) is 2.23. The maximum atomic E-state index is 13.9. The topological polar surface area (TPSA) is 72.9 Å². The molecule has 21 heavy (non-hydrogen) atoms. The molecule has 2 rings (SSSR count). The zero-order valence-corrected chi connectivity index (χ0v) is 12.4. The molecule has 2 aromatic rings. The lowest BCUT2D eigenvalue weighted by atomic mass is 10.0. The number of carbonyl (C=O) groups is 1. The van der Waals surface area contributed by atoms with Gasteiger partial charge in [-0.1, -0.05) is 6.92 Å². The van der Waals surface area contributed by atoms with Crippen LogP contribution in [0.4, 0.5) is 4.39 Å². The molecule has 1 atom stereocenters. The van der Waals surface area contributed by atoms with Crippen LogP contribution in [0, 0.1) is 12.7 Å². The second kappa shape index (κ2) is 6.05. The number of nitrogens with two attached hydrogens (primary N) is 1. The molecule has 1 aromatic heterocycles. The van der Waals surface area contributed by atoms with Crippen LogP contribution in [-0.4, -0.2) is 22.2 Å². The molecule has 0 aliphatic rings. The Morgan fingerprint density at radius 2 is 2.24 bits per heavy atom. The molecule has 0 bridgehead atoms. The molecule has 3 N–H and O–H groups in total. The highest BCUT2D eigenvalue weighted by Crippen LogP contribution is 2.25. The van der Waals surface area contributed by atoms with Crippen LogP contribution in [0.3, 0.4) is 0 Å². The van der Waals surface area contributed by atoms with Gasteiger partial charge >= 0.3 is 0 Å². The number of benzene rings is 1. The Bertz CT molecular complexity index is 666. The van der Waals surface area contributed by atoms with Crippen LogP contribution in [0.25, 0.3) is 5.69 Å². The van der Waals surface area contributed by atoms with E-state index in [0.717, 1.165) is 17.8 Å². The van der Waals surface area contributed by atoms with E-state index in [1.165, 1.54) is 6.07 Å². The zero-order chi connectivity index (χ0) is 15.6. The Balaban J connectivity index is 2.54. The largest absolute Gasteiger partial charge is 0.364 e. The first-order valence-electron chi connectivity index (χ1n) is 6.83. The molecule has 0 aliphatic heterocycles. The van der Waals surface area contributed by atoms with E-state index in [9.17, 15) is 9.18 Å². The fraction of sp³-hybridized carbons (Fsp3) is 0.333. The third kappa shape index (κ3) is 3.11. The number of nitrogens with one attached hydrogen (secondary N) is 1. The molecule has 1 amide bonds. The maximum absolute atomic E-state index is 13.9. The number of rotatable bonds is 5. The van der Waals surface area contributed by atoms with E-state index in [1.54, 1.807) is 29.9 Å². The first kappa shape index (κ1) is 15.2. The summed E-state index contributed by atoms with van der Waals surface area (Å²) < 4.78 is 15.4. The minimum Gasteiger partial charge on any atom is -0.364 e. The molecular weight excluding hydrogens is 271 g/mol. The van der Waals surface area contributed by atoms with Crippen molar-refractivity contribution in [3.05, 3.63) is 47.0 Å². The van der Waals surface area contributed by atoms with E-state index in [4.69, 9.17) is 5.73 Å². The van der Waals surface area contributed by atoms with Gasteiger partial charge < -0.3 is 11.1 Å². The van der Waals surface area contributed by atoms with E-state index < -0.39 is 5.91 Å². The smallest absolute Gasteiger partial charge is 0.269 e. The first-order valence-corrected chi connectivity index (χ1v) is 6.83. The van der Waals surface area contributed by atoms with Gasteiger partial charge in [0, 0.05) is 12.2 Å². The summed E-state index contributed by atoms with van der Waals surface area (Å²) in [5.74, 6) is -0.852. The monoisotopic (exact) mass is 290 g/mol. The number of nitrogens with zero attached hydrogens (tertiary/aromatic N) is 2. The number of halogens is 1. The van der Waals surface area contributed by atoms with Gasteiger partial charge in [-0.3, -0.25) is 4.79 Å². The van der Waals surface area contributed by atoms with Crippen LogP contribution in [0.1, 0.15) is 41.5 Å². The minimum absolute atomic E-state index is 0.0404. The van der Waals surface area contributed by atoms with Crippen LogP contribution in [0.2, 0.25) is 0 Å². The van der Waals surface area contributed by atoms with E-state index >= 15 is 0 Å². The van der Waals surface area contributed by atoms with Gasteiger partial charge in [0.15, 0.2) is 0 Å². The van der Waals surface area contributed by atoms with Crippen molar-refractivity contribution in [3.8, 4) is 5.69 Å². The molecule has 5 nitrogen and oxygen atoms in total. The van der Waals surface area contributed by atoms with Crippen molar-refractivity contribution < 1.29 is 9.18 Å². The normalized spacial score (nSPS) is 12.4. The van der Waals surface area contributed by atoms with Crippen molar-refractivity contribution in [1.29, 1.82) is 0 Å². The predicted molar refractivity (Wildman–Crippen MR) is 78.9 cm³/mol. The highest BCUT2D eigenvalue weighted by molar-refractivity contribution is 5.90. The molecule has 0 radical (unpaired) electrons. The lowest BCUT2D eigenvalue weighted by Gasteiger charge is -2.18. The lowest BCUT2D eigenvalue weighted by Crippen LogP contribution is -2.20. The van der Waals surface area contributed by atoms with Gasteiger partial charge in [-0.05, 0) is 49.7 Å². The second-order valence-corrected chi connectivity index (χ2v) is 4.95. The lowest BCUT2D eigenvalue weighted by molar-refractivity contribution is 0.0995. The summed E-state index contributed by atoms with van der Waals surface area (Å²) in [6.07, 6.45) is 1.65.